The molecule has 0 spiro atoms. The van der Waals surface area contributed by atoms with E-state index in [-0.39, 0.29) is 6.10 Å². The molecular formula is C14H29NO2. The Morgan fingerprint density at radius 3 is 2.94 bits per heavy atom. The molecule has 2 unspecified atom stereocenters. The number of hydrogen-bond acceptors (Lipinski definition) is 3. The summed E-state index contributed by atoms with van der Waals surface area (Å²) in [5.74, 6) is 0. The number of ether oxygens (including phenoxy) is 1. The molecular weight excluding hydrogens is 214 g/mol. The molecule has 1 heterocycles. The summed E-state index contributed by atoms with van der Waals surface area (Å²) in [5.41, 5.74) is 0. The van der Waals surface area contributed by atoms with Gasteiger partial charge in [0.15, 0.2) is 0 Å². The summed E-state index contributed by atoms with van der Waals surface area (Å²) >= 11 is 0. The van der Waals surface area contributed by atoms with Gasteiger partial charge < -0.3 is 9.84 Å². The Hall–Kier alpha value is -0.120. The van der Waals surface area contributed by atoms with Crippen LogP contribution in [-0.4, -0.2) is 48.5 Å². The van der Waals surface area contributed by atoms with Gasteiger partial charge in [0, 0.05) is 19.2 Å². The average Bonchev–Trinajstić information content (AvgIpc) is 2.51. The third kappa shape index (κ3) is 6.39. The van der Waals surface area contributed by atoms with Gasteiger partial charge in [-0.3, -0.25) is 4.90 Å². The minimum absolute atomic E-state index is 0.326. The van der Waals surface area contributed by atoms with Crippen LogP contribution in [0.1, 0.15) is 52.4 Å². The van der Waals surface area contributed by atoms with Gasteiger partial charge in [-0.1, -0.05) is 26.2 Å². The summed E-state index contributed by atoms with van der Waals surface area (Å²) in [6, 6.07) is 0.614. The van der Waals surface area contributed by atoms with E-state index < -0.39 is 0 Å². The first kappa shape index (κ1) is 14.9. The van der Waals surface area contributed by atoms with E-state index >= 15 is 0 Å². The van der Waals surface area contributed by atoms with Crippen molar-refractivity contribution in [3.8, 4) is 0 Å². The lowest BCUT2D eigenvalue weighted by Gasteiger charge is -2.28. The molecule has 3 nitrogen and oxygen atoms in total. The number of aliphatic hydroxyl groups is 1. The molecule has 0 bridgehead atoms. The van der Waals surface area contributed by atoms with Crippen molar-refractivity contribution in [3.63, 3.8) is 0 Å². The summed E-state index contributed by atoms with van der Waals surface area (Å²) in [5, 5.41) is 9.94. The zero-order valence-corrected chi connectivity index (χ0v) is 11.5. The smallest absolute Gasteiger partial charge is 0.0900 e. The van der Waals surface area contributed by atoms with Gasteiger partial charge in [-0.25, -0.2) is 0 Å². The number of β-amino-alcohol motifs (C(OH)–C–C–N with tert-alkyl or cyclic N) is 1. The van der Waals surface area contributed by atoms with Gasteiger partial charge in [-0.05, 0) is 32.7 Å². The maximum absolute atomic E-state index is 9.94. The van der Waals surface area contributed by atoms with Crippen LogP contribution in [0.3, 0.4) is 0 Å². The molecule has 0 aromatic heterocycles. The second-order valence-electron chi connectivity index (χ2n) is 5.28. The number of aliphatic hydroxyl groups excluding tert-OH is 1. The van der Waals surface area contributed by atoms with Crippen LogP contribution in [0.15, 0.2) is 0 Å². The Morgan fingerprint density at radius 2 is 2.18 bits per heavy atom. The molecule has 2 atom stereocenters. The molecule has 1 saturated heterocycles. The van der Waals surface area contributed by atoms with Crippen LogP contribution in [0.5, 0.6) is 0 Å². The Morgan fingerprint density at radius 1 is 1.35 bits per heavy atom. The number of unbranched alkanes of at least 4 members (excludes halogenated alkanes) is 1. The molecule has 1 N–H and O–H groups in total. The summed E-state index contributed by atoms with van der Waals surface area (Å²) in [6.45, 7) is 7.60. The highest BCUT2D eigenvalue weighted by Gasteiger charge is 2.19. The Bertz CT molecular complexity index is 187. The number of hydrogen-bond donors (Lipinski definition) is 1. The fraction of sp³-hybridized carbons (Fsp3) is 1.00. The topological polar surface area (TPSA) is 32.7 Å². The number of likely N-dealkylation sites (tertiary alicyclic amines) is 1. The van der Waals surface area contributed by atoms with Crippen LogP contribution in [0.25, 0.3) is 0 Å². The van der Waals surface area contributed by atoms with Crippen molar-refractivity contribution in [2.45, 2.75) is 64.5 Å². The third-order valence-corrected chi connectivity index (χ3v) is 3.59. The molecule has 0 amide bonds. The summed E-state index contributed by atoms with van der Waals surface area (Å²) in [6.07, 6.45) is 7.13. The number of nitrogens with zero attached hydrogens (tertiary/aromatic N) is 1. The van der Waals surface area contributed by atoms with Gasteiger partial charge in [0.1, 0.15) is 0 Å². The molecule has 0 aliphatic carbocycles. The molecule has 1 aliphatic rings. The second-order valence-corrected chi connectivity index (χ2v) is 5.28. The van der Waals surface area contributed by atoms with Crippen LogP contribution in [0.2, 0.25) is 0 Å². The van der Waals surface area contributed by atoms with Gasteiger partial charge in [0.05, 0.1) is 12.7 Å². The first-order valence-electron chi connectivity index (χ1n) is 7.24. The predicted molar refractivity (Wildman–Crippen MR) is 71.2 cm³/mol. The van der Waals surface area contributed by atoms with Gasteiger partial charge in [-0.2, -0.15) is 0 Å². The van der Waals surface area contributed by atoms with Crippen LogP contribution in [0.4, 0.5) is 0 Å². The van der Waals surface area contributed by atoms with E-state index in [2.05, 4.69) is 18.7 Å². The van der Waals surface area contributed by atoms with Crippen LogP contribution >= 0.6 is 0 Å². The zero-order valence-electron chi connectivity index (χ0n) is 11.5. The Kier molecular flexibility index (Phi) is 7.82. The maximum Gasteiger partial charge on any atom is 0.0900 e. The average molecular weight is 243 g/mol. The molecule has 1 aliphatic heterocycles. The lowest BCUT2D eigenvalue weighted by molar-refractivity contribution is 0.00961. The van der Waals surface area contributed by atoms with Crippen molar-refractivity contribution in [1.82, 2.24) is 4.90 Å². The maximum atomic E-state index is 9.94. The predicted octanol–water partition coefficient (Wildman–Crippen LogP) is 2.43. The van der Waals surface area contributed by atoms with E-state index in [0.717, 1.165) is 32.5 Å². The lowest BCUT2D eigenvalue weighted by Crippen LogP contribution is -2.40. The number of rotatable bonds is 7. The van der Waals surface area contributed by atoms with E-state index in [9.17, 15) is 5.11 Å². The molecule has 0 aromatic rings. The first-order chi connectivity index (χ1) is 8.24. The highest BCUT2D eigenvalue weighted by molar-refractivity contribution is 4.74. The first-order valence-corrected chi connectivity index (χ1v) is 7.24. The molecule has 0 saturated carbocycles. The van der Waals surface area contributed by atoms with Gasteiger partial charge >= 0.3 is 0 Å². The summed E-state index contributed by atoms with van der Waals surface area (Å²) in [4.78, 5) is 2.42. The Balaban J connectivity index is 2.16. The van der Waals surface area contributed by atoms with Gasteiger partial charge in [0.2, 0.25) is 0 Å². The third-order valence-electron chi connectivity index (χ3n) is 3.59. The standard InChI is InChI=1S/C14H29NO2/c1-3-4-10-17-12-14(16)11-15-9-7-5-6-8-13(15)2/h13-14,16H,3-12H2,1-2H3. The highest BCUT2D eigenvalue weighted by Crippen LogP contribution is 2.16. The minimum Gasteiger partial charge on any atom is -0.389 e. The van der Waals surface area contributed by atoms with E-state index in [1.165, 1.54) is 25.7 Å². The van der Waals surface area contributed by atoms with Crippen molar-refractivity contribution in [2.75, 3.05) is 26.3 Å². The highest BCUT2D eigenvalue weighted by atomic mass is 16.5. The summed E-state index contributed by atoms with van der Waals surface area (Å²) in [7, 11) is 0. The molecule has 1 fully saturated rings. The van der Waals surface area contributed by atoms with Crippen molar-refractivity contribution >= 4 is 0 Å². The van der Waals surface area contributed by atoms with E-state index in [0.29, 0.717) is 12.6 Å². The fourth-order valence-electron chi connectivity index (χ4n) is 2.39. The van der Waals surface area contributed by atoms with E-state index in [1.54, 1.807) is 0 Å². The molecule has 3 heteroatoms. The Labute approximate surface area is 106 Å². The van der Waals surface area contributed by atoms with Crippen molar-refractivity contribution in [1.29, 1.82) is 0 Å². The molecule has 0 radical (unpaired) electrons. The van der Waals surface area contributed by atoms with Crippen molar-refractivity contribution < 1.29 is 9.84 Å². The van der Waals surface area contributed by atoms with E-state index in [4.69, 9.17) is 4.74 Å². The zero-order chi connectivity index (χ0) is 12.5. The van der Waals surface area contributed by atoms with Crippen molar-refractivity contribution in [2.24, 2.45) is 0 Å². The minimum atomic E-state index is -0.326. The molecule has 0 aromatic carbocycles. The monoisotopic (exact) mass is 243 g/mol. The van der Waals surface area contributed by atoms with E-state index in [1.807, 2.05) is 0 Å². The fourth-order valence-corrected chi connectivity index (χ4v) is 2.39. The summed E-state index contributed by atoms with van der Waals surface area (Å²) < 4.78 is 5.47. The second kappa shape index (κ2) is 8.90. The molecule has 1 rings (SSSR count). The van der Waals surface area contributed by atoms with Crippen LogP contribution < -0.4 is 0 Å². The van der Waals surface area contributed by atoms with Crippen molar-refractivity contribution in [3.05, 3.63) is 0 Å². The van der Waals surface area contributed by atoms with Crippen LogP contribution in [-0.2, 0) is 4.74 Å². The molecule has 17 heavy (non-hydrogen) atoms. The normalized spacial score (nSPS) is 24.5. The van der Waals surface area contributed by atoms with Gasteiger partial charge in [0.25, 0.3) is 0 Å². The quantitative estimate of drug-likeness (QED) is 0.697. The SMILES string of the molecule is CCCCOCC(O)CN1CCCCCC1C. The molecule has 102 valence electrons. The van der Waals surface area contributed by atoms with Gasteiger partial charge in [-0.15, -0.1) is 0 Å². The lowest BCUT2D eigenvalue weighted by atomic mass is 10.1. The van der Waals surface area contributed by atoms with Crippen LogP contribution in [0, 0.1) is 0 Å². The largest absolute Gasteiger partial charge is 0.389 e.